The molecule has 0 aliphatic rings. The minimum Gasteiger partial charge on any atom is -0.370 e. The summed E-state index contributed by atoms with van der Waals surface area (Å²) in [6, 6.07) is 6.61. The van der Waals surface area contributed by atoms with Gasteiger partial charge in [0.25, 0.3) is 0 Å². The Hall–Kier alpha value is -1.81. The van der Waals surface area contributed by atoms with Gasteiger partial charge >= 0.3 is 0 Å². The topological polar surface area (TPSA) is 33.1 Å². The first-order valence-corrected chi connectivity index (χ1v) is 6.53. The van der Waals surface area contributed by atoms with Gasteiger partial charge in [0.1, 0.15) is 0 Å². The summed E-state index contributed by atoms with van der Waals surface area (Å²) in [5, 5.41) is 7.38. The molecule has 1 N–H and O–H groups in total. The first kappa shape index (κ1) is 13.6. The van der Waals surface area contributed by atoms with Crippen molar-refractivity contribution in [3.8, 4) is 0 Å². The predicted octanol–water partition coefficient (Wildman–Crippen LogP) is 2.08. The van der Waals surface area contributed by atoms with Gasteiger partial charge in [0.2, 0.25) is 0 Å². The Bertz CT molecular complexity index is 545. The van der Waals surface area contributed by atoms with Crippen LogP contribution >= 0.6 is 0 Å². The Morgan fingerprint density at radius 2 is 2.11 bits per heavy atom. The van der Waals surface area contributed by atoms with Crippen LogP contribution in [0, 0.1) is 6.92 Å². The standard InChI is InChI=1S/C15H22N4/c1-12-7-13(8-16-2)5-6-15(12)18(3)10-14-9-17-19(4)11-14/h5-7,9,11,16H,8,10H2,1-4H3. The molecule has 0 saturated heterocycles. The Labute approximate surface area is 115 Å². The van der Waals surface area contributed by atoms with E-state index in [0.717, 1.165) is 13.1 Å². The zero-order valence-electron chi connectivity index (χ0n) is 12.1. The number of benzene rings is 1. The summed E-state index contributed by atoms with van der Waals surface area (Å²) in [5.74, 6) is 0. The highest BCUT2D eigenvalue weighted by Crippen LogP contribution is 2.21. The predicted molar refractivity (Wildman–Crippen MR) is 79.3 cm³/mol. The van der Waals surface area contributed by atoms with Gasteiger partial charge in [-0.1, -0.05) is 12.1 Å². The van der Waals surface area contributed by atoms with Crippen molar-refractivity contribution in [2.75, 3.05) is 19.0 Å². The number of nitrogens with zero attached hydrogens (tertiary/aromatic N) is 3. The molecule has 0 aliphatic carbocycles. The molecule has 0 bridgehead atoms. The van der Waals surface area contributed by atoms with E-state index in [1.165, 1.54) is 22.4 Å². The number of rotatable bonds is 5. The van der Waals surface area contributed by atoms with Gasteiger partial charge in [0, 0.05) is 44.6 Å². The van der Waals surface area contributed by atoms with Crippen molar-refractivity contribution >= 4 is 5.69 Å². The summed E-state index contributed by atoms with van der Waals surface area (Å²) in [4.78, 5) is 2.26. The molecule has 19 heavy (non-hydrogen) atoms. The number of aromatic nitrogens is 2. The van der Waals surface area contributed by atoms with Crippen LogP contribution in [0.25, 0.3) is 0 Å². The molecule has 0 fully saturated rings. The largest absolute Gasteiger partial charge is 0.370 e. The minimum atomic E-state index is 0.875. The van der Waals surface area contributed by atoms with E-state index in [1.54, 1.807) is 0 Å². The molecule has 0 amide bonds. The molecule has 0 aliphatic heterocycles. The third kappa shape index (κ3) is 3.35. The lowest BCUT2D eigenvalue weighted by molar-refractivity contribution is 0.766. The fourth-order valence-electron chi connectivity index (χ4n) is 2.37. The summed E-state index contributed by atoms with van der Waals surface area (Å²) in [7, 11) is 6.03. The Morgan fingerprint density at radius 1 is 1.32 bits per heavy atom. The number of hydrogen-bond donors (Lipinski definition) is 1. The molecule has 1 heterocycles. The average molecular weight is 258 g/mol. The second-order valence-electron chi connectivity index (χ2n) is 5.03. The zero-order chi connectivity index (χ0) is 13.8. The quantitative estimate of drug-likeness (QED) is 0.891. The van der Waals surface area contributed by atoms with Crippen LogP contribution in [-0.2, 0) is 20.1 Å². The Balaban J connectivity index is 2.12. The summed E-state index contributed by atoms with van der Waals surface area (Å²) in [6.45, 7) is 3.95. The lowest BCUT2D eigenvalue weighted by atomic mass is 10.1. The summed E-state index contributed by atoms with van der Waals surface area (Å²) < 4.78 is 1.84. The minimum absolute atomic E-state index is 0.875. The summed E-state index contributed by atoms with van der Waals surface area (Å²) in [5.41, 5.74) is 5.12. The molecule has 102 valence electrons. The van der Waals surface area contributed by atoms with E-state index in [9.17, 15) is 0 Å². The van der Waals surface area contributed by atoms with Crippen LogP contribution in [-0.4, -0.2) is 23.9 Å². The monoisotopic (exact) mass is 258 g/mol. The second kappa shape index (κ2) is 5.89. The normalized spacial score (nSPS) is 10.7. The van der Waals surface area contributed by atoms with E-state index in [4.69, 9.17) is 0 Å². The lowest BCUT2D eigenvalue weighted by Crippen LogP contribution is -2.17. The maximum Gasteiger partial charge on any atom is 0.0539 e. The van der Waals surface area contributed by atoms with Crippen molar-refractivity contribution in [3.63, 3.8) is 0 Å². The maximum absolute atomic E-state index is 4.21. The van der Waals surface area contributed by atoms with Crippen LogP contribution in [0.2, 0.25) is 0 Å². The lowest BCUT2D eigenvalue weighted by Gasteiger charge is -2.21. The molecule has 4 heteroatoms. The zero-order valence-corrected chi connectivity index (χ0v) is 12.1. The van der Waals surface area contributed by atoms with Gasteiger partial charge in [0.05, 0.1) is 6.20 Å². The third-order valence-electron chi connectivity index (χ3n) is 3.23. The molecule has 0 spiro atoms. The first-order chi connectivity index (χ1) is 9.10. The van der Waals surface area contributed by atoms with Gasteiger partial charge in [-0.3, -0.25) is 4.68 Å². The maximum atomic E-state index is 4.21. The van der Waals surface area contributed by atoms with Gasteiger partial charge in [0.15, 0.2) is 0 Å². The Kier molecular flexibility index (Phi) is 4.22. The van der Waals surface area contributed by atoms with Crippen LogP contribution in [0.5, 0.6) is 0 Å². The van der Waals surface area contributed by atoms with Crippen LogP contribution in [0.3, 0.4) is 0 Å². The van der Waals surface area contributed by atoms with Crippen LogP contribution < -0.4 is 10.2 Å². The van der Waals surface area contributed by atoms with Crippen molar-refractivity contribution in [1.82, 2.24) is 15.1 Å². The smallest absolute Gasteiger partial charge is 0.0539 e. The van der Waals surface area contributed by atoms with Crippen LogP contribution in [0.1, 0.15) is 16.7 Å². The van der Waals surface area contributed by atoms with Gasteiger partial charge in [-0.15, -0.1) is 0 Å². The number of nitrogens with one attached hydrogen (secondary N) is 1. The van der Waals surface area contributed by atoms with Crippen LogP contribution in [0.4, 0.5) is 5.69 Å². The summed E-state index contributed by atoms with van der Waals surface area (Å²) in [6.07, 6.45) is 3.97. The highest BCUT2D eigenvalue weighted by Gasteiger charge is 2.07. The molecule has 0 saturated carbocycles. The molecule has 2 aromatic rings. The molecule has 0 radical (unpaired) electrons. The van der Waals surface area contributed by atoms with Gasteiger partial charge in [-0.25, -0.2) is 0 Å². The second-order valence-corrected chi connectivity index (χ2v) is 5.03. The average Bonchev–Trinajstić information content (AvgIpc) is 2.75. The molecule has 2 rings (SSSR count). The fraction of sp³-hybridized carbons (Fsp3) is 0.400. The molecule has 1 aromatic heterocycles. The first-order valence-electron chi connectivity index (χ1n) is 6.53. The van der Waals surface area contributed by atoms with Crippen molar-refractivity contribution in [2.24, 2.45) is 7.05 Å². The highest BCUT2D eigenvalue weighted by atomic mass is 15.2. The highest BCUT2D eigenvalue weighted by molar-refractivity contribution is 5.54. The van der Waals surface area contributed by atoms with E-state index in [2.05, 4.69) is 53.7 Å². The Morgan fingerprint density at radius 3 is 2.68 bits per heavy atom. The third-order valence-corrected chi connectivity index (χ3v) is 3.23. The molecule has 0 atom stereocenters. The molecule has 1 aromatic carbocycles. The molecular formula is C15H22N4. The van der Waals surface area contributed by atoms with E-state index < -0.39 is 0 Å². The number of aryl methyl sites for hydroxylation is 2. The molecule has 0 unspecified atom stereocenters. The summed E-state index contributed by atoms with van der Waals surface area (Å²) >= 11 is 0. The van der Waals surface area contributed by atoms with E-state index >= 15 is 0 Å². The number of anilines is 1. The van der Waals surface area contributed by atoms with Crippen molar-refractivity contribution in [3.05, 3.63) is 47.3 Å². The number of hydrogen-bond acceptors (Lipinski definition) is 3. The van der Waals surface area contributed by atoms with Crippen molar-refractivity contribution < 1.29 is 0 Å². The fourth-order valence-corrected chi connectivity index (χ4v) is 2.37. The van der Waals surface area contributed by atoms with Crippen molar-refractivity contribution in [2.45, 2.75) is 20.0 Å². The van der Waals surface area contributed by atoms with E-state index in [0.29, 0.717) is 0 Å². The molecular weight excluding hydrogens is 236 g/mol. The van der Waals surface area contributed by atoms with Gasteiger partial charge in [-0.2, -0.15) is 5.10 Å². The van der Waals surface area contributed by atoms with Crippen molar-refractivity contribution in [1.29, 1.82) is 0 Å². The van der Waals surface area contributed by atoms with Gasteiger partial charge in [-0.05, 0) is 31.2 Å². The SMILES string of the molecule is CNCc1ccc(N(C)Cc2cnn(C)c2)c(C)c1. The van der Waals surface area contributed by atoms with E-state index in [1.807, 2.05) is 25.0 Å². The van der Waals surface area contributed by atoms with Crippen LogP contribution in [0.15, 0.2) is 30.6 Å². The molecule has 4 nitrogen and oxygen atoms in total. The van der Waals surface area contributed by atoms with Gasteiger partial charge < -0.3 is 10.2 Å². The van der Waals surface area contributed by atoms with E-state index in [-0.39, 0.29) is 0 Å².